The van der Waals surface area contributed by atoms with Crippen LogP contribution in [0.1, 0.15) is 36.5 Å². The molecule has 20 heavy (non-hydrogen) atoms. The zero-order valence-corrected chi connectivity index (χ0v) is 11.8. The second-order valence-corrected chi connectivity index (χ2v) is 5.20. The van der Waals surface area contributed by atoms with Crippen LogP contribution in [-0.2, 0) is 4.79 Å². The molecule has 5 heteroatoms. The number of nitrogens with two attached hydrogens (primary N) is 1. The molecule has 1 fully saturated rings. The lowest BCUT2D eigenvalue weighted by atomic mass is 10.1. The van der Waals surface area contributed by atoms with Crippen molar-refractivity contribution in [3.63, 3.8) is 0 Å². The fourth-order valence-corrected chi connectivity index (χ4v) is 2.44. The quantitative estimate of drug-likeness (QED) is 0.876. The molecule has 1 aromatic carbocycles. The van der Waals surface area contributed by atoms with Gasteiger partial charge in [-0.2, -0.15) is 0 Å². The number of likely N-dealkylation sites (tertiary alicyclic amines) is 1. The predicted octanol–water partition coefficient (Wildman–Crippen LogP) is 1.60. The minimum absolute atomic E-state index is 0.0151. The largest absolute Gasteiger partial charge is 0.366 e. The van der Waals surface area contributed by atoms with Crippen molar-refractivity contribution in [2.24, 2.45) is 5.73 Å². The molecule has 1 atom stereocenters. The van der Waals surface area contributed by atoms with Gasteiger partial charge in [-0.1, -0.05) is 6.42 Å². The predicted molar refractivity (Wildman–Crippen MR) is 78.5 cm³/mol. The van der Waals surface area contributed by atoms with Gasteiger partial charge < -0.3 is 11.1 Å². The van der Waals surface area contributed by atoms with E-state index >= 15 is 0 Å². The molecular formula is C15H21N3O2. The lowest BCUT2D eigenvalue weighted by molar-refractivity contribution is -0.121. The van der Waals surface area contributed by atoms with Gasteiger partial charge in [-0.05, 0) is 57.1 Å². The minimum atomic E-state index is -0.468. The maximum atomic E-state index is 12.2. The zero-order valence-electron chi connectivity index (χ0n) is 11.8. The molecule has 108 valence electrons. The average Bonchev–Trinajstić information content (AvgIpc) is 2.48. The number of carbonyl (C=O) groups is 2. The van der Waals surface area contributed by atoms with E-state index in [4.69, 9.17) is 5.73 Å². The summed E-state index contributed by atoms with van der Waals surface area (Å²) in [6, 6.07) is 6.49. The summed E-state index contributed by atoms with van der Waals surface area (Å²) >= 11 is 0. The number of hydrogen-bond acceptors (Lipinski definition) is 3. The summed E-state index contributed by atoms with van der Waals surface area (Å²) in [6.07, 6.45) is 3.56. The third kappa shape index (κ3) is 3.57. The van der Waals surface area contributed by atoms with E-state index in [1.165, 1.54) is 6.42 Å². The molecule has 1 aromatic rings. The molecule has 0 radical (unpaired) electrons. The molecule has 1 aliphatic heterocycles. The average molecular weight is 275 g/mol. The molecule has 1 heterocycles. The van der Waals surface area contributed by atoms with Crippen molar-refractivity contribution in [1.82, 2.24) is 4.90 Å². The summed E-state index contributed by atoms with van der Waals surface area (Å²) in [4.78, 5) is 25.4. The van der Waals surface area contributed by atoms with Gasteiger partial charge in [0.1, 0.15) is 0 Å². The molecule has 3 N–H and O–H groups in total. The Morgan fingerprint density at radius 3 is 2.30 bits per heavy atom. The van der Waals surface area contributed by atoms with Gasteiger partial charge in [0.2, 0.25) is 11.8 Å². The van der Waals surface area contributed by atoms with Crippen LogP contribution in [0.15, 0.2) is 24.3 Å². The molecule has 0 aliphatic carbocycles. The zero-order chi connectivity index (χ0) is 14.5. The second kappa shape index (κ2) is 6.52. The van der Waals surface area contributed by atoms with Gasteiger partial charge in [0.05, 0.1) is 6.04 Å². The SMILES string of the molecule is C[C@@H](C(=O)Nc1ccc(C(N)=O)cc1)N1CCCCC1. The lowest BCUT2D eigenvalue weighted by Gasteiger charge is -2.31. The number of carbonyl (C=O) groups excluding carboxylic acids is 2. The molecule has 0 spiro atoms. The first-order valence-corrected chi connectivity index (χ1v) is 7.02. The maximum Gasteiger partial charge on any atom is 0.248 e. The molecule has 2 amide bonds. The third-order valence-corrected chi connectivity index (χ3v) is 3.75. The monoisotopic (exact) mass is 275 g/mol. The van der Waals surface area contributed by atoms with Crippen LogP contribution in [0.3, 0.4) is 0 Å². The molecule has 0 bridgehead atoms. The summed E-state index contributed by atoms with van der Waals surface area (Å²) in [5.41, 5.74) is 6.30. The van der Waals surface area contributed by atoms with Crippen molar-refractivity contribution in [2.75, 3.05) is 18.4 Å². The number of anilines is 1. The van der Waals surface area contributed by atoms with E-state index in [9.17, 15) is 9.59 Å². The summed E-state index contributed by atoms with van der Waals surface area (Å²) in [7, 11) is 0. The van der Waals surface area contributed by atoms with Crippen LogP contribution >= 0.6 is 0 Å². The highest BCUT2D eigenvalue weighted by Gasteiger charge is 2.22. The van der Waals surface area contributed by atoms with Crippen LogP contribution in [0.2, 0.25) is 0 Å². The summed E-state index contributed by atoms with van der Waals surface area (Å²) < 4.78 is 0. The van der Waals surface area contributed by atoms with Crippen molar-refractivity contribution in [3.05, 3.63) is 29.8 Å². The van der Waals surface area contributed by atoms with E-state index in [1.54, 1.807) is 24.3 Å². The Hall–Kier alpha value is -1.88. The van der Waals surface area contributed by atoms with Crippen molar-refractivity contribution in [2.45, 2.75) is 32.2 Å². The van der Waals surface area contributed by atoms with Crippen LogP contribution in [0.25, 0.3) is 0 Å². The van der Waals surface area contributed by atoms with Crippen LogP contribution < -0.4 is 11.1 Å². The fourth-order valence-electron chi connectivity index (χ4n) is 2.44. The van der Waals surface area contributed by atoms with Gasteiger partial charge in [0.25, 0.3) is 0 Å². The molecule has 5 nitrogen and oxygen atoms in total. The van der Waals surface area contributed by atoms with E-state index < -0.39 is 5.91 Å². The Balaban J connectivity index is 1.94. The van der Waals surface area contributed by atoms with E-state index in [1.807, 2.05) is 6.92 Å². The number of hydrogen-bond donors (Lipinski definition) is 2. The summed E-state index contributed by atoms with van der Waals surface area (Å²) in [6.45, 7) is 3.89. The number of piperidine rings is 1. The molecular weight excluding hydrogens is 254 g/mol. The number of primary amides is 1. The van der Waals surface area contributed by atoms with Crippen LogP contribution in [0, 0.1) is 0 Å². The molecule has 2 rings (SSSR count). The summed E-state index contributed by atoms with van der Waals surface area (Å²) in [5.74, 6) is -0.483. The molecule has 0 aromatic heterocycles. The lowest BCUT2D eigenvalue weighted by Crippen LogP contribution is -2.44. The van der Waals surface area contributed by atoms with Crippen molar-refractivity contribution < 1.29 is 9.59 Å². The molecule has 0 unspecified atom stereocenters. The Bertz CT molecular complexity index is 478. The molecule has 1 aliphatic rings. The highest BCUT2D eigenvalue weighted by molar-refractivity contribution is 5.96. The van der Waals surface area contributed by atoms with Gasteiger partial charge in [-0.15, -0.1) is 0 Å². The van der Waals surface area contributed by atoms with E-state index in [0.717, 1.165) is 25.9 Å². The van der Waals surface area contributed by atoms with Gasteiger partial charge in [0.15, 0.2) is 0 Å². The Morgan fingerprint density at radius 2 is 1.75 bits per heavy atom. The second-order valence-electron chi connectivity index (χ2n) is 5.20. The van der Waals surface area contributed by atoms with Gasteiger partial charge in [-0.25, -0.2) is 0 Å². The van der Waals surface area contributed by atoms with Crippen LogP contribution in [-0.4, -0.2) is 35.8 Å². The number of amides is 2. The number of nitrogens with zero attached hydrogens (tertiary/aromatic N) is 1. The Morgan fingerprint density at radius 1 is 1.15 bits per heavy atom. The first kappa shape index (κ1) is 14.5. The smallest absolute Gasteiger partial charge is 0.248 e. The summed E-state index contributed by atoms with van der Waals surface area (Å²) in [5, 5.41) is 2.87. The number of rotatable bonds is 4. The number of benzene rings is 1. The maximum absolute atomic E-state index is 12.2. The van der Waals surface area contributed by atoms with Crippen LogP contribution in [0.4, 0.5) is 5.69 Å². The highest BCUT2D eigenvalue weighted by Crippen LogP contribution is 2.14. The molecule has 0 saturated carbocycles. The van der Waals surface area contributed by atoms with E-state index in [0.29, 0.717) is 11.3 Å². The molecule has 1 saturated heterocycles. The van der Waals surface area contributed by atoms with Crippen molar-refractivity contribution in [1.29, 1.82) is 0 Å². The fraction of sp³-hybridized carbons (Fsp3) is 0.467. The Labute approximate surface area is 119 Å². The van der Waals surface area contributed by atoms with Crippen molar-refractivity contribution >= 4 is 17.5 Å². The first-order chi connectivity index (χ1) is 9.58. The number of nitrogens with one attached hydrogen (secondary N) is 1. The normalized spacial score (nSPS) is 17.4. The van der Waals surface area contributed by atoms with Crippen LogP contribution in [0.5, 0.6) is 0 Å². The van der Waals surface area contributed by atoms with Crippen molar-refractivity contribution in [3.8, 4) is 0 Å². The highest BCUT2D eigenvalue weighted by atomic mass is 16.2. The first-order valence-electron chi connectivity index (χ1n) is 7.02. The van der Waals surface area contributed by atoms with Gasteiger partial charge in [-0.3, -0.25) is 14.5 Å². The minimum Gasteiger partial charge on any atom is -0.366 e. The third-order valence-electron chi connectivity index (χ3n) is 3.75. The van der Waals surface area contributed by atoms with Gasteiger partial charge >= 0.3 is 0 Å². The Kier molecular flexibility index (Phi) is 4.74. The topological polar surface area (TPSA) is 75.4 Å². The van der Waals surface area contributed by atoms with Gasteiger partial charge in [0, 0.05) is 11.3 Å². The van der Waals surface area contributed by atoms with E-state index in [2.05, 4.69) is 10.2 Å². The van der Waals surface area contributed by atoms with E-state index in [-0.39, 0.29) is 11.9 Å². The standard InChI is InChI=1S/C15H21N3O2/c1-11(18-9-3-2-4-10-18)15(20)17-13-7-5-12(6-8-13)14(16)19/h5-8,11H,2-4,9-10H2,1H3,(H2,16,19)(H,17,20)/t11-/m0/s1.